The number of benzene rings is 1. The number of hydrogen-bond acceptors (Lipinski definition) is 3. The summed E-state index contributed by atoms with van der Waals surface area (Å²) in [4.78, 5) is 12.2. The molecule has 106 valence electrons. The van der Waals surface area contributed by atoms with Gasteiger partial charge in [0.05, 0.1) is 5.69 Å². The van der Waals surface area contributed by atoms with E-state index in [1.165, 1.54) is 0 Å². The van der Waals surface area contributed by atoms with E-state index in [0.29, 0.717) is 21.3 Å². The van der Waals surface area contributed by atoms with Gasteiger partial charge in [0.2, 0.25) is 0 Å². The maximum atomic E-state index is 11.3. The van der Waals surface area contributed by atoms with Crippen molar-refractivity contribution in [2.45, 2.75) is 19.8 Å². The molecule has 0 aliphatic heterocycles. The van der Waals surface area contributed by atoms with Gasteiger partial charge in [-0.15, -0.1) is 11.3 Å². The quantitative estimate of drug-likeness (QED) is 0.820. The Morgan fingerprint density at radius 1 is 1.35 bits per heavy atom. The van der Waals surface area contributed by atoms with Gasteiger partial charge in [0.25, 0.3) is 0 Å². The maximum absolute atomic E-state index is 11.3. The summed E-state index contributed by atoms with van der Waals surface area (Å²) < 4.78 is 0. The van der Waals surface area contributed by atoms with Crippen LogP contribution in [0.25, 0.3) is 10.4 Å². The first kappa shape index (κ1) is 15.2. The molecule has 6 heteroatoms. The maximum Gasteiger partial charge on any atom is 0.348 e. The van der Waals surface area contributed by atoms with Gasteiger partial charge in [0.1, 0.15) is 4.88 Å². The van der Waals surface area contributed by atoms with Gasteiger partial charge < -0.3 is 10.8 Å². The van der Waals surface area contributed by atoms with E-state index >= 15 is 0 Å². The highest BCUT2D eigenvalue weighted by atomic mass is 35.5. The van der Waals surface area contributed by atoms with Crippen LogP contribution in [0.15, 0.2) is 18.2 Å². The van der Waals surface area contributed by atoms with Crippen molar-refractivity contribution in [1.82, 2.24) is 0 Å². The normalized spacial score (nSPS) is 11.1. The van der Waals surface area contributed by atoms with E-state index in [2.05, 4.69) is 0 Å². The van der Waals surface area contributed by atoms with Gasteiger partial charge in [-0.1, -0.05) is 37.0 Å². The Morgan fingerprint density at radius 3 is 2.55 bits per heavy atom. The molecule has 1 aromatic heterocycles. The fourth-order valence-corrected chi connectivity index (χ4v) is 3.75. The van der Waals surface area contributed by atoms with Gasteiger partial charge in [-0.25, -0.2) is 4.79 Å². The summed E-state index contributed by atoms with van der Waals surface area (Å²) in [7, 11) is 0. The van der Waals surface area contributed by atoms with Crippen molar-refractivity contribution >= 4 is 46.2 Å². The number of thiophene rings is 1. The van der Waals surface area contributed by atoms with E-state index in [-0.39, 0.29) is 10.8 Å². The van der Waals surface area contributed by atoms with Crippen LogP contribution in [-0.2, 0) is 0 Å². The number of nitrogens with two attached hydrogens (primary N) is 1. The molecule has 2 rings (SSSR count). The highest BCUT2D eigenvalue weighted by Crippen LogP contribution is 2.45. The van der Waals surface area contributed by atoms with Crippen LogP contribution >= 0.6 is 34.5 Å². The molecule has 0 aliphatic rings. The number of nitrogen functional groups attached to an aromatic ring is 1. The minimum absolute atomic E-state index is 0.0874. The first-order valence-corrected chi connectivity index (χ1v) is 7.51. The SMILES string of the molecule is CC(C)c1c(-c2cc(Cl)ccc2Cl)sc(C(=O)O)c1N. The van der Waals surface area contributed by atoms with Crippen LogP contribution in [0.1, 0.15) is 35.0 Å². The third kappa shape index (κ3) is 2.64. The van der Waals surface area contributed by atoms with E-state index < -0.39 is 5.97 Å². The number of carboxylic acid groups (broad SMARTS) is 1. The fraction of sp³-hybridized carbons (Fsp3) is 0.214. The minimum atomic E-state index is -1.03. The summed E-state index contributed by atoms with van der Waals surface area (Å²) in [5.74, 6) is -0.941. The zero-order chi connectivity index (χ0) is 15.0. The largest absolute Gasteiger partial charge is 0.477 e. The smallest absolute Gasteiger partial charge is 0.348 e. The van der Waals surface area contributed by atoms with Crippen LogP contribution in [0.4, 0.5) is 5.69 Å². The average Bonchev–Trinajstić information content (AvgIpc) is 2.70. The van der Waals surface area contributed by atoms with Crippen molar-refractivity contribution in [3.05, 3.63) is 38.7 Å². The molecule has 0 atom stereocenters. The monoisotopic (exact) mass is 329 g/mol. The summed E-state index contributed by atoms with van der Waals surface area (Å²) in [6.07, 6.45) is 0. The van der Waals surface area contributed by atoms with Gasteiger partial charge in [0.15, 0.2) is 0 Å². The third-order valence-electron chi connectivity index (χ3n) is 2.93. The molecule has 0 aliphatic carbocycles. The molecule has 0 bridgehead atoms. The molecule has 3 nitrogen and oxygen atoms in total. The zero-order valence-electron chi connectivity index (χ0n) is 10.9. The van der Waals surface area contributed by atoms with Crippen molar-refractivity contribution < 1.29 is 9.90 Å². The molecule has 0 amide bonds. The lowest BCUT2D eigenvalue weighted by Crippen LogP contribution is -2.00. The van der Waals surface area contributed by atoms with Gasteiger partial charge in [-0.3, -0.25) is 0 Å². The lowest BCUT2D eigenvalue weighted by Gasteiger charge is -2.10. The summed E-state index contributed by atoms with van der Waals surface area (Å²) in [5, 5.41) is 10.3. The second-order valence-electron chi connectivity index (χ2n) is 4.67. The number of carbonyl (C=O) groups is 1. The first-order chi connectivity index (χ1) is 9.32. The standard InChI is InChI=1S/C14H13Cl2NO2S/c1-6(2)10-11(17)13(14(18)19)20-12(10)8-5-7(15)3-4-9(8)16/h3-6H,17H2,1-2H3,(H,18,19). The number of carboxylic acids is 1. The summed E-state index contributed by atoms with van der Waals surface area (Å²) in [6.45, 7) is 3.93. The molecule has 0 saturated heterocycles. The van der Waals surface area contributed by atoms with Crippen LogP contribution < -0.4 is 5.73 Å². The van der Waals surface area contributed by atoms with Crippen LogP contribution in [0.3, 0.4) is 0 Å². The molecule has 2 aromatic rings. The summed E-state index contributed by atoms with van der Waals surface area (Å²) >= 11 is 13.3. The molecule has 0 saturated carbocycles. The van der Waals surface area contributed by atoms with E-state index in [0.717, 1.165) is 21.8 Å². The molecular weight excluding hydrogens is 317 g/mol. The molecule has 3 N–H and O–H groups in total. The molecule has 0 radical (unpaired) electrons. The number of hydrogen-bond donors (Lipinski definition) is 2. The van der Waals surface area contributed by atoms with Gasteiger partial charge >= 0.3 is 5.97 Å². The molecule has 0 fully saturated rings. The molecule has 20 heavy (non-hydrogen) atoms. The van der Waals surface area contributed by atoms with E-state index in [9.17, 15) is 9.90 Å². The Kier molecular flexibility index (Phi) is 4.28. The van der Waals surface area contributed by atoms with Crippen molar-refractivity contribution in [3.8, 4) is 10.4 Å². The van der Waals surface area contributed by atoms with Crippen LogP contribution in [0.5, 0.6) is 0 Å². The van der Waals surface area contributed by atoms with E-state index in [4.69, 9.17) is 28.9 Å². The second kappa shape index (κ2) is 5.64. The Hall–Kier alpha value is -1.23. The molecule has 0 unspecified atom stereocenters. The first-order valence-electron chi connectivity index (χ1n) is 5.93. The highest BCUT2D eigenvalue weighted by Gasteiger charge is 2.24. The fourth-order valence-electron chi connectivity index (χ4n) is 2.06. The van der Waals surface area contributed by atoms with Crippen molar-refractivity contribution in [3.63, 3.8) is 0 Å². The Bertz CT molecular complexity index is 680. The Balaban J connectivity index is 2.76. The van der Waals surface area contributed by atoms with Crippen molar-refractivity contribution in [1.29, 1.82) is 0 Å². The molecule has 0 spiro atoms. The van der Waals surface area contributed by atoms with E-state index in [1.54, 1.807) is 18.2 Å². The third-order valence-corrected chi connectivity index (χ3v) is 4.74. The zero-order valence-corrected chi connectivity index (χ0v) is 13.2. The van der Waals surface area contributed by atoms with Crippen LogP contribution in [-0.4, -0.2) is 11.1 Å². The number of rotatable bonds is 3. The lowest BCUT2D eigenvalue weighted by molar-refractivity contribution is 0.0703. The van der Waals surface area contributed by atoms with Crippen molar-refractivity contribution in [2.75, 3.05) is 5.73 Å². The Labute approximate surface area is 130 Å². The number of anilines is 1. The average molecular weight is 330 g/mol. The predicted octanol–water partition coefficient (Wildman–Crippen LogP) is 5.13. The lowest BCUT2D eigenvalue weighted by atomic mass is 9.98. The molecular formula is C14H13Cl2NO2S. The molecule has 1 aromatic carbocycles. The van der Waals surface area contributed by atoms with Crippen LogP contribution in [0.2, 0.25) is 10.0 Å². The van der Waals surface area contributed by atoms with Crippen molar-refractivity contribution in [2.24, 2.45) is 0 Å². The molecule has 1 heterocycles. The number of aromatic carboxylic acids is 1. The second-order valence-corrected chi connectivity index (χ2v) is 6.54. The Morgan fingerprint density at radius 2 is 2.00 bits per heavy atom. The predicted molar refractivity (Wildman–Crippen MR) is 85.2 cm³/mol. The van der Waals surface area contributed by atoms with Gasteiger partial charge in [0, 0.05) is 20.5 Å². The summed E-state index contributed by atoms with van der Waals surface area (Å²) in [5.41, 5.74) is 7.81. The summed E-state index contributed by atoms with van der Waals surface area (Å²) in [6, 6.07) is 5.11. The minimum Gasteiger partial charge on any atom is -0.477 e. The van der Waals surface area contributed by atoms with Gasteiger partial charge in [-0.2, -0.15) is 0 Å². The topological polar surface area (TPSA) is 63.3 Å². The van der Waals surface area contributed by atoms with Gasteiger partial charge in [-0.05, 0) is 29.7 Å². The number of halogens is 2. The van der Waals surface area contributed by atoms with Crippen LogP contribution in [0, 0.1) is 0 Å². The van der Waals surface area contributed by atoms with E-state index in [1.807, 2.05) is 13.8 Å². The highest BCUT2D eigenvalue weighted by molar-refractivity contribution is 7.18.